The van der Waals surface area contributed by atoms with Crippen molar-refractivity contribution in [2.24, 2.45) is 4.99 Å². The second kappa shape index (κ2) is 12.2. The fraction of sp³-hybridized carbons (Fsp3) is 0.833. The topological polar surface area (TPSA) is 95.1 Å². The molecule has 2 amide bonds. The molecule has 1 aliphatic heterocycles. The third kappa shape index (κ3) is 10.6. The van der Waals surface area contributed by atoms with E-state index in [1.165, 1.54) is 0 Å². The lowest BCUT2D eigenvalue weighted by Gasteiger charge is -2.23. The molecular formula is C18H36IN5O3. The molecule has 158 valence electrons. The number of amides is 2. The van der Waals surface area contributed by atoms with Gasteiger partial charge in [0.25, 0.3) is 0 Å². The number of carbonyl (C=O) groups excluding carboxylic acids is 2. The number of rotatable bonds is 6. The number of aliphatic imine (C=N–C) groups is 1. The zero-order valence-electron chi connectivity index (χ0n) is 17.4. The van der Waals surface area contributed by atoms with Crippen LogP contribution in [0.15, 0.2) is 4.99 Å². The summed E-state index contributed by atoms with van der Waals surface area (Å²) in [6.45, 7) is 11.5. The number of guanidine groups is 1. The van der Waals surface area contributed by atoms with Crippen LogP contribution in [-0.4, -0.2) is 67.2 Å². The maximum atomic E-state index is 11.9. The van der Waals surface area contributed by atoms with Gasteiger partial charge in [-0.2, -0.15) is 0 Å². The van der Waals surface area contributed by atoms with E-state index in [0.29, 0.717) is 19.5 Å². The zero-order chi connectivity index (χ0) is 19.7. The molecule has 0 radical (unpaired) electrons. The Labute approximate surface area is 180 Å². The van der Waals surface area contributed by atoms with Crippen molar-refractivity contribution in [1.82, 2.24) is 20.9 Å². The SMILES string of the molecule is CCC(C)NC(=O)CCNC(=NC)N1CCC(NC(=O)OC(C)(C)C)C1.I. The number of halogens is 1. The maximum Gasteiger partial charge on any atom is 0.407 e. The summed E-state index contributed by atoms with van der Waals surface area (Å²) >= 11 is 0. The van der Waals surface area contributed by atoms with Gasteiger partial charge in [-0.15, -0.1) is 24.0 Å². The lowest BCUT2D eigenvalue weighted by Crippen LogP contribution is -2.45. The third-order valence-electron chi connectivity index (χ3n) is 4.08. The van der Waals surface area contributed by atoms with Crippen LogP contribution in [0.5, 0.6) is 0 Å². The Hall–Kier alpha value is -1.26. The lowest BCUT2D eigenvalue weighted by atomic mass is 10.2. The second-order valence-electron chi connectivity index (χ2n) is 7.68. The van der Waals surface area contributed by atoms with Gasteiger partial charge in [0.2, 0.25) is 5.91 Å². The van der Waals surface area contributed by atoms with E-state index in [1.54, 1.807) is 7.05 Å². The van der Waals surface area contributed by atoms with Gasteiger partial charge in [0.15, 0.2) is 5.96 Å². The standard InChI is InChI=1S/C18H35N5O3.HI/c1-7-13(2)21-15(24)8-10-20-16(19-6)23-11-9-14(12-23)22-17(25)26-18(3,4)5;/h13-14H,7-12H2,1-6H3,(H,19,20)(H,21,24)(H,22,25);1H. The quantitative estimate of drug-likeness (QED) is 0.297. The molecule has 1 fully saturated rings. The van der Waals surface area contributed by atoms with Gasteiger partial charge >= 0.3 is 6.09 Å². The molecule has 27 heavy (non-hydrogen) atoms. The molecule has 0 saturated carbocycles. The van der Waals surface area contributed by atoms with Crippen LogP contribution in [-0.2, 0) is 9.53 Å². The summed E-state index contributed by atoms with van der Waals surface area (Å²) in [5.74, 6) is 0.781. The van der Waals surface area contributed by atoms with Gasteiger partial charge in [-0.25, -0.2) is 4.79 Å². The minimum absolute atomic E-state index is 0. The normalized spacial score (nSPS) is 18.4. The summed E-state index contributed by atoms with van der Waals surface area (Å²) in [7, 11) is 1.72. The summed E-state index contributed by atoms with van der Waals surface area (Å²) in [4.78, 5) is 30.1. The van der Waals surface area contributed by atoms with Crippen LogP contribution in [0.1, 0.15) is 53.9 Å². The molecule has 1 rings (SSSR count). The van der Waals surface area contributed by atoms with Gasteiger partial charge in [0, 0.05) is 39.1 Å². The molecule has 1 heterocycles. The minimum Gasteiger partial charge on any atom is -0.444 e. The highest BCUT2D eigenvalue weighted by atomic mass is 127. The number of hydrogen-bond donors (Lipinski definition) is 3. The highest BCUT2D eigenvalue weighted by Gasteiger charge is 2.27. The fourth-order valence-corrected chi connectivity index (χ4v) is 2.61. The van der Waals surface area contributed by atoms with E-state index < -0.39 is 11.7 Å². The molecule has 0 spiro atoms. The Bertz CT molecular complexity index is 508. The fourth-order valence-electron chi connectivity index (χ4n) is 2.61. The Kier molecular flexibility index (Phi) is 11.7. The molecule has 2 atom stereocenters. The largest absolute Gasteiger partial charge is 0.444 e. The molecule has 0 aromatic carbocycles. The molecule has 1 saturated heterocycles. The Balaban J connectivity index is 0.00000676. The van der Waals surface area contributed by atoms with E-state index in [1.807, 2.05) is 34.6 Å². The monoisotopic (exact) mass is 497 g/mol. The van der Waals surface area contributed by atoms with E-state index in [4.69, 9.17) is 4.74 Å². The molecule has 2 unspecified atom stereocenters. The number of likely N-dealkylation sites (tertiary alicyclic amines) is 1. The molecule has 9 heteroatoms. The van der Waals surface area contributed by atoms with Crippen molar-refractivity contribution in [2.75, 3.05) is 26.7 Å². The van der Waals surface area contributed by atoms with Gasteiger partial charge in [-0.05, 0) is 40.5 Å². The van der Waals surface area contributed by atoms with Crippen molar-refractivity contribution in [3.05, 3.63) is 0 Å². The molecule has 0 aromatic heterocycles. The smallest absolute Gasteiger partial charge is 0.407 e. The molecular weight excluding hydrogens is 461 g/mol. The average molecular weight is 497 g/mol. The Morgan fingerprint density at radius 3 is 2.56 bits per heavy atom. The van der Waals surface area contributed by atoms with Crippen LogP contribution in [0.4, 0.5) is 4.79 Å². The summed E-state index contributed by atoms with van der Waals surface area (Å²) in [5, 5.41) is 9.06. The van der Waals surface area contributed by atoms with Crippen molar-refractivity contribution < 1.29 is 14.3 Å². The Morgan fingerprint density at radius 1 is 1.33 bits per heavy atom. The number of alkyl carbamates (subject to hydrolysis) is 1. The Morgan fingerprint density at radius 2 is 2.00 bits per heavy atom. The van der Waals surface area contributed by atoms with E-state index in [-0.39, 0.29) is 42.0 Å². The predicted octanol–water partition coefficient (Wildman–Crippen LogP) is 2.08. The van der Waals surface area contributed by atoms with Crippen LogP contribution in [0, 0.1) is 0 Å². The minimum atomic E-state index is -0.504. The molecule has 0 aliphatic carbocycles. The van der Waals surface area contributed by atoms with Crippen molar-refractivity contribution in [1.29, 1.82) is 0 Å². The van der Waals surface area contributed by atoms with Crippen LogP contribution < -0.4 is 16.0 Å². The first kappa shape index (κ1) is 25.7. The number of hydrogen-bond acceptors (Lipinski definition) is 4. The molecule has 0 aromatic rings. The van der Waals surface area contributed by atoms with Crippen LogP contribution in [0.25, 0.3) is 0 Å². The summed E-state index contributed by atoms with van der Waals surface area (Å²) in [6, 6.07) is 0.220. The maximum absolute atomic E-state index is 11.9. The van der Waals surface area contributed by atoms with E-state index >= 15 is 0 Å². The molecule has 0 bridgehead atoms. The first-order valence-corrected chi connectivity index (χ1v) is 9.39. The van der Waals surface area contributed by atoms with Gasteiger partial charge in [0.1, 0.15) is 5.60 Å². The van der Waals surface area contributed by atoms with Gasteiger partial charge in [-0.3, -0.25) is 9.79 Å². The first-order valence-electron chi connectivity index (χ1n) is 9.39. The van der Waals surface area contributed by atoms with Crippen LogP contribution in [0.2, 0.25) is 0 Å². The predicted molar refractivity (Wildman–Crippen MR) is 119 cm³/mol. The second-order valence-corrected chi connectivity index (χ2v) is 7.68. The van der Waals surface area contributed by atoms with Crippen molar-refractivity contribution in [2.45, 2.75) is 71.6 Å². The highest BCUT2D eigenvalue weighted by molar-refractivity contribution is 14.0. The van der Waals surface area contributed by atoms with Crippen LogP contribution >= 0.6 is 24.0 Å². The summed E-state index contributed by atoms with van der Waals surface area (Å²) in [6.07, 6.45) is 1.75. The zero-order valence-corrected chi connectivity index (χ0v) is 19.8. The summed E-state index contributed by atoms with van der Waals surface area (Å²) in [5.41, 5.74) is -0.504. The van der Waals surface area contributed by atoms with Crippen LogP contribution in [0.3, 0.4) is 0 Å². The number of carbonyl (C=O) groups is 2. The highest BCUT2D eigenvalue weighted by Crippen LogP contribution is 2.12. The number of ether oxygens (including phenoxy) is 1. The first-order chi connectivity index (χ1) is 12.1. The van der Waals surface area contributed by atoms with Gasteiger partial charge in [0.05, 0.1) is 6.04 Å². The van der Waals surface area contributed by atoms with E-state index in [2.05, 4.69) is 25.8 Å². The molecule has 1 aliphatic rings. The average Bonchev–Trinajstić information content (AvgIpc) is 2.97. The lowest BCUT2D eigenvalue weighted by molar-refractivity contribution is -0.121. The van der Waals surface area contributed by atoms with E-state index in [9.17, 15) is 9.59 Å². The number of nitrogens with one attached hydrogen (secondary N) is 3. The number of nitrogens with zero attached hydrogens (tertiary/aromatic N) is 2. The summed E-state index contributed by atoms with van der Waals surface area (Å²) < 4.78 is 5.29. The third-order valence-corrected chi connectivity index (χ3v) is 4.08. The van der Waals surface area contributed by atoms with Crippen molar-refractivity contribution in [3.63, 3.8) is 0 Å². The van der Waals surface area contributed by atoms with Gasteiger partial charge < -0.3 is 25.6 Å². The van der Waals surface area contributed by atoms with Crippen molar-refractivity contribution >= 4 is 41.9 Å². The van der Waals surface area contributed by atoms with E-state index in [0.717, 1.165) is 25.3 Å². The molecule has 8 nitrogen and oxygen atoms in total. The van der Waals surface area contributed by atoms with Gasteiger partial charge in [-0.1, -0.05) is 6.92 Å². The van der Waals surface area contributed by atoms with Crippen molar-refractivity contribution in [3.8, 4) is 0 Å². The molecule has 3 N–H and O–H groups in total.